The summed E-state index contributed by atoms with van der Waals surface area (Å²) >= 11 is 0. The number of benzene rings is 2. The smallest absolute Gasteiger partial charge is 0.207 e. The topological polar surface area (TPSA) is 46.2 Å². The van der Waals surface area contributed by atoms with E-state index < -0.39 is 16.1 Å². The second-order valence-electron chi connectivity index (χ2n) is 6.70. The molecule has 0 saturated heterocycles. The molecule has 0 heterocycles. The van der Waals surface area contributed by atoms with E-state index in [0.717, 1.165) is 11.1 Å². The predicted molar refractivity (Wildman–Crippen MR) is 98.8 cm³/mol. The molecule has 0 aromatic heterocycles. The number of nitrogens with one attached hydrogen (secondary N) is 1. The summed E-state index contributed by atoms with van der Waals surface area (Å²) in [6, 6.07) is 13.4. The summed E-state index contributed by atoms with van der Waals surface area (Å²) in [5, 5.41) is 0. The zero-order valence-electron chi connectivity index (χ0n) is 14.4. The monoisotopic (exact) mass is 359 g/mol. The summed E-state index contributed by atoms with van der Waals surface area (Å²) in [7, 11) is -3.61. The van der Waals surface area contributed by atoms with E-state index >= 15 is 0 Å². The van der Waals surface area contributed by atoms with Gasteiger partial charge in [-0.15, -0.1) is 0 Å². The van der Waals surface area contributed by atoms with Gasteiger partial charge in [0.05, 0.1) is 4.91 Å². The molecule has 0 fully saturated rings. The Labute approximate surface area is 148 Å². The SMILES string of the molecule is CC(C)C(NS(=O)(=O)C1=Cc2ccccc2CC1)c1ccc(F)cc1. The molecule has 132 valence electrons. The van der Waals surface area contributed by atoms with Crippen LogP contribution in [0, 0.1) is 11.7 Å². The first kappa shape index (κ1) is 17.8. The van der Waals surface area contributed by atoms with Gasteiger partial charge in [-0.05, 0) is 53.7 Å². The van der Waals surface area contributed by atoms with Crippen molar-refractivity contribution in [2.24, 2.45) is 5.92 Å². The molecule has 2 aromatic rings. The van der Waals surface area contributed by atoms with E-state index in [1.165, 1.54) is 17.7 Å². The zero-order valence-corrected chi connectivity index (χ0v) is 15.2. The van der Waals surface area contributed by atoms with E-state index in [2.05, 4.69) is 4.72 Å². The van der Waals surface area contributed by atoms with Crippen LogP contribution < -0.4 is 4.72 Å². The number of aryl methyl sites for hydroxylation is 1. The Morgan fingerprint density at radius 2 is 1.68 bits per heavy atom. The summed E-state index contributed by atoms with van der Waals surface area (Å²) in [6.45, 7) is 3.89. The van der Waals surface area contributed by atoms with Gasteiger partial charge in [-0.1, -0.05) is 50.2 Å². The molecular weight excluding hydrogens is 337 g/mol. The third kappa shape index (κ3) is 3.99. The molecule has 5 heteroatoms. The van der Waals surface area contributed by atoms with E-state index in [9.17, 15) is 12.8 Å². The summed E-state index contributed by atoms with van der Waals surface area (Å²) in [5.74, 6) is -0.294. The fraction of sp³-hybridized carbons (Fsp3) is 0.300. The largest absolute Gasteiger partial charge is 0.237 e. The van der Waals surface area contributed by atoms with Gasteiger partial charge < -0.3 is 0 Å². The van der Waals surface area contributed by atoms with Crippen molar-refractivity contribution in [2.45, 2.75) is 32.7 Å². The number of fused-ring (bicyclic) bond motifs is 1. The lowest BCUT2D eigenvalue weighted by molar-refractivity contribution is 0.464. The number of allylic oxidation sites excluding steroid dienone is 1. The van der Waals surface area contributed by atoms with Crippen molar-refractivity contribution < 1.29 is 12.8 Å². The standard InChI is InChI=1S/C20H22FNO2S/c1-14(2)20(16-7-10-18(21)11-8-16)22-25(23,24)19-12-9-15-5-3-4-6-17(15)13-19/h3-8,10-11,13-14,20,22H,9,12H2,1-2H3. The lowest BCUT2D eigenvalue weighted by atomic mass is 9.97. The summed E-state index contributed by atoms with van der Waals surface area (Å²) in [4.78, 5) is 0.402. The molecule has 0 bridgehead atoms. The molecule has 1 aliphatic carbocycles. The van der Waals surface area contributed by atoms with Gasteiger partial charge in [-0.25, -0.2) is 17.5 Å². The second-order valence-corrected chi connectivity index (χ2v) is 8.47. The minimum atomic E-state index is -3.61. The van der Waals surface area contributed by atoms with Gasteiger partial charge in [0.15, 0.2) is 0 Å². The number of hydrogen-bond acceptors (Lipinski definition) is 2. The highest BCUT2D eigenvalue weighted by molar-refractivity contribution is 7.93. The summed E-state index contributed by atoms with van der Waals surface area (Å²) < 4.78 is 41.8. The minimum Gasteiger partial charge on any atom is -0.207 e. The number of halogens is 1. The van der Waals surface area contributed by atoms with Crippen molar-refractivity contribution in [3.63, 3.8) is 0 Å². The van der Waals surface area contributed by atoms with Gasteiger partial charge in [-0.2, -0.15) is 0 Å². The molecule has 1 aliphatic rings. The molecule has 3 nitrogen and oxygen atoms in total. The predicted octanol–water partition coefficient (Wildman–Crippen LogP) is 4.43. The average molecular weight is 359 g/mol. The maximum atomic E-state index is 13.2. The molecule has 0 aliphatic heterocycles. The van der Waals surface area contributed by atoms with Crippen molar-refractivity contribution in [3.05, 3.63) is 75.9 Å². The van der Waals surface area contributed by atoms with E-state index in [0.29, 0.717) is 17.7 Å². The van der Waals surface area contributed by atoms with Crippen LogP contribution in [0.5, 0.6) is 0 Å². The van der Waals surface area contributed by atoms with Crippen LogP contribution in [0.25, 0.3) is 6.08 Å². The van der Waals surface area contributed by atoms with Gasteiger partial charge in [-0.3, -0.25) is 0 Å². The molecule has 1 N–H and O–H groups in total. The van der Waals surface area contributed by atoms with E-state index in [4.69, 9.17) is 0 Å². The molecule has 0 radical (unpaired) electrons. The van der Waals surface area contributed by atoms with Crippen LogP contribution in [-0.2, 0) is 16.4 Å². The van der Waals surface area contributed by atoms with Gasteiger partial charge >= 0.3 is 0 Å². The fourth-order valence-corrected chi connectivity index (χ4v) is 4.67. The van der Waals surface area contributed by atoms with Gasteiger partial charge in [0.25, 0.3) is 0 Å². The lowest BCUT2D eigenvalue weighted by Crippen LogP contribution is -2.33. The normalized spacial score (nSPS) is 15.6. The Morgan fingerprint density at radius 3 is 2.36 bits per heavy atom. The summed E-state index contributed by atoms with van der Waals surface area (Å²) in [6.07, 6.45) is 2.95. The van der Waals surface area contributed by atoms with Crippen LogP contribution in [0.2, 0.25) is 0 Å². The van der Waals surface area contributed by atoms with Crippen LogP contribution in [0.15, 0.2) is 53.4 Å². The van der Waals surface area contributed by atoms with E-state index in [1.807, 2.05) is 38.1 Å². The molecule has 1 unspecified atom stereocenters. The molecule has 3 rings (SSSR count). The first-order valence-electron chi connectivity index (χ1n) is 8.43. The highest BCUT2D eigenvalue weighted by Gasteiger charge is 2.27. The number of sulfonamides is 1. The lowest BCUT2D eigenvalue weighted by Gasteiger charge is -2.25. The molecule has 0 saturated carbocycles. The molecule has 25 heavy (non-hydrogen) atoms. The van der Waals surface area contributed by atoms with E-state index in [-0.39, 0.29) is 11.7 Å². The van der Waals surface area contributed by atoms with Crippen LogP contribution >= 0.6 is 0 Å². The molecule has 1 atom stereocenters. The third-order valence-corrected chi connectivity index (χ3v) is 6.11. The minimum absolute atomic E-state index is 0.0386. The van der Waals surface area contributed by atoms with Crippen molar-refractivity contribution in [1.82, 2.24) is 4.72 Å². The Morgan fingerprint density at radius 1 is 1.00 bits per heavy atom. The first-order valence-corrected chi connectivity index (χ1v) is 9.91. The molecular formula is C20H22FNO2S. The zero-order chi connectivity index (χ0) is 18.0. The van der Waals surface area contributed by atoms with Gasteiger partial charge in [0, 0.05) is 6.04 Å². The quantitative estimate of drug-likeness (QED) is 0.858. The Balaban J connectivity index is 1.89. The van der Waals surface area contributed by atoms with Crippen molar-refractivity contribution in [3.8, 4) is 0 Å². The van der Waals surface area contributed by atoms with Crippen molar-refractivity contribution in [1.29, 1.82) is 0 Å². The fourth-order valence-electron chi connectivity index (χ4n) is 3.12. The third-order valence-electron chi connectivity index (χ3n) is 4.54. The number of rotatable bonds is 5. The van der Waals surface area contributed by atoms with Crippen LogP contribution in [0.3, 0.4) is 0 Å². The Kier molecular flexibility index (Phi) is 5.06. The van der Waals surface area contributed by atoms with Crippen LogP contribution in [0.4, 0.5) is 4.39 Å². The van der Waals surface area contributed by atoms with Crippen LogP contribution in [0.1, 0.15) is 43.0 Å². The second kappa shape index (κ2) is 7.10. The highest BCUT2D eigenvalue weighted by atomic mass is 32.2. The Bertz CT molecular complexity index is 886. The van der Waals surface area contributed by atoms with Crippen molar-refractivity contribution >= 4 is 16.1 Å². The van der Waals surface area contributed by atoms with Crippen LogP contribution in [-0.4, -0.2) is 8.42 Å². The summed E-state index contributed by atoms with van der Waals surface area (Å²) in [5.41, 5.74) is 2.88. The Hall–Kier alpha value is -1.98. The highest BCUT2D eigenvalue weighted by Crippen LogP contribution is 2.29. The van der Waals surface area contributed by atoms with Crippen molar-refractivity contribution in [2.75, 3.05) is 0 Å². The molecule has 0 spiro atoms. The van der Waals surface area contributed by atoms with Gasteiger partial charge in [0.1, 0.15) is 5.82 Å². The maximum Gasteiger partial charge on any atom is 0.237 e. The average Bonchev–Trinajstić information content (AvgIpc) is 2.60. The molecule has 2 aromatic carbocycles. The molecule has 0 amide bonds. The van der Waals surface area contributed by atoms with E-state index in [1.54, 1.807) is 18.2 Å². The maximum absolute atomic E-state index is 13.2. The first-order chi connectivity index (χ1) is 11.9. The number of hydrogen-bond donors (Lipinski definition) is 1. The van der Waals surface area contributed by atoms with Gasteiger partial charge in [0.2, 0.25) is 10.0 Å².